The quantitative estimate of drug-likeness (QED) is 0.412. The summed E-state index contributed by atoms with van der Waals surface area (Å²) in [5.41, 5.74) is 2.04. The van der Waals surface area contributed by atoms with E-state index in [1.807, 2.05) is 12.1 Å². The smallest absolute Gasteiger partial charge is 0.115 e. The van der Waals surface area contributed by atoms with Crippen molar-refractivity contribution in [3.63, 3.8) is 0 Å². The Labute approximate surface area is 150 Å². The normalized spacial score (nSPS) is 13.9. The summed E-state index contributed by atoms with van der Waals surface area (Å²) in [6.45, 7) is 14.3. The van der Waals surface area contributed by atoms with E-state index >= 15 is 0 Å². The topological polar surface area (TPSA) is 20.2 Å². The van der Waals surface area contributed by atoms with E-state index in [0.717, 1.165) is 0 Å². The van der Waals surface area contributed by atoms with Crippen LogP contribution in [-0.2, 0) is 0 Å². The molecule has 0 aliphatic rings. The number of hydrogen-bond donors (Lipinski definition) is 1. The molecule has 0 saturated carbocycles. The van der Waals surface area contributed by atoms with Crippen LogP contribution in [0.3, 0.4) is 0 Å². The van der Waals surface area contributed by atoms with Crippen molar-refractivity contribution in [1.29, 1.82) is 0 Å². The van der Waals surface area contributed by atoms with Gasteiger partial charge in [-0.2, -0.15) is 0 Å². The van der Waals surface area contributed by atoms with Crippen LogP contribution < -0.4 is 0 Å². The fourth-order valence-corrected chi connectivity index (χ4v) is 3.87. The molecule has 1 aromatic carbocycles. The molecule has 1 atom stereocenters. The Morgan fingerprint density at radius 2 is 1.42 bits per heavy atom. The van der Waals surface area contributed by atoms with Gasteiger partial charge in [0.05, 0.1) is 0 Å². The fraction of sp³-hybridized carbons (Fsp3) is 0.739. The van der Waals surface area contributed by atoms with Crippen LogP contribution in [-0.4, -0.2) is 5.11 Å². The molecule has 0 aromatic heterocycles. The van der Waals surface area contributed by atoms with Crippen LogP contribution in [0.1, 0.15) is 104 Å². The Kier molecular flexibility index (Phi) is 8.33. The zero-order chi connectivity index (χ0) is 18.2. The van der Waals surface area contributed by atoms with E-state index in [1.165, 1.54) is 56.9 Å². The number of rotatable bonds is 11. The summed E-state index contributed by atoms with van der Waals surface area (Å²) in [4.78, 5) is 0. The summed E-state index contributed by atoms with van der Waals surface area (Å²) in [6.07, 6.45) is 10.3. The van der Waals surface area contributed by atoms with Crippen molar-refractivity contribution in [1.82, 2.24) is 0 Å². The Hall–Kier alpha value is -0.980. The van der Waals surface area contributed by atoms with Gasteiger partial charge in [0.15, 0.2) is 0 Å². The molecule has 0 radical (unpaired) electrons. The van der Waals surface area contributed by atoms with E-state index in [9.17, 15) is 5.11 Å². The van der Waals surface area contributed by atoms with Gasteiger partial charge in [0.2, 0.25) is 0 Å². The molecule has 138 valence electrons. The van der Waals surface area contributed by atoms with E-state index in [1.54, 1.807) is 0 Å². The standard InChI is InChI=1S/C23H40O/c1-7-9-11-17-23(5,6)21(18-22(3,4)16-10-8-2)19-12-14-20(24)15-13-19/h12-15,21,24H,7-11,16-18H2,1-6H3. The zero-order valence-corrected chi connectivity index (χ0v) is 17.0. The monoisotopic (exact) mass is 332 g/mol. The molecule has 0 saturated heterocycles. The summed E-state index contributed by atoms with van der Waals surface area (Å²) in [6, 6.07) is 7.97. The summed E-state index contributed by atoms with van der Waals surface area (Å²) < 4.78 is 0. The number of phenolic OH excluding ortho intramolecular Hbond substituents is 1. The highest BCUT2D eigenvalue weighted by atomic mass is 16.3. The molecular weight excluding hydrogens is 292 g/mol. The van der Waals surface area contributed by atoms with Crippen molar-refractivity contribution >= 4 is 0 Å². The van der Waals surface area contributed by atoms with Gasteiger partial charge >= 0.3 is 0 Å². The van der Waals surface area contributed by atoms with Crippen LogP contribution in [0.5, 0.6) is 5.75 Å². The van der Waals surface area contributed by atoms with Crippen LogP contribution in [0.2, 0.25) is 0 Å². The highest BCUT2D eigenvalue weighted by molar-refractivity contribution is 5.29. The van der Waals surface area contributed by atoms with E-state index in [0.29, 0.717) is 17.1 Å². The molecule has 1 aromatic rings. The van der Waals surface area contributed by atoms with E-state index in [-0.39, 0.29) is 5.41 Å². The molecule has 0 spiro atoms. The van der Waals surface area contributed by atoms with E-state index in [4.69, 9.17) is 0 Å². The van der Waals surface area contributed by atoms with Crippen molar-refractivity contribution in [2.45, 2.75) is 98.8 Å². The molecule has 1 N–H and O–H groups in total. The van der Waals surface area contributed by atoms with Crippen LogP contribution in [0.15, 0.2) is 24.3 Å². The molecule has 1 unspecified atom stereocenters. The van der Waals surface area contributed by atoms with Gasteiger partial charge in [0.25, 0.3) is 0 Å². The molecule has 0 fully saturated rings. The minimum absolute atomic E-state index is 0.287. The third-order valence-corrected chi connectivity index (χ3v) is 5.63. The maximum atomic E-state index is 9.66. The van der Waals surface area contributed by atoms with Crippen LogP contribution in [0.4, 0.5) is 0 Å². The van der Waals surface area contributed by atoms with E-state index < -0.39 is 0 Å². The minimum atomic E-state index is 0.287. The molecule has 0 aliphatic heterocycles. The van der Waals surface area contributed by atoms with E-state index in [2.05, 4.69) is 53.7 Å². The van der Waals surface area contributed by atoms with Crippen LogP contribution in [0, 0.1) is 10.8 Å². The second-order valence-electron chi connectivity index (χ2n) is 9.06. The molecule has 24 heavy (non-hydrogen) atoms. The summed E-state index contributed by atoms with van der Waals surface area (Å²) >= 11 is 0. The lowest BCUT2D eigenvalue weighted by atomic mass is 9.65. The zero-order valence-electron chi connectivity index (χ0n) is 17.0. The first kappa shape index (κ1) is 21.1. The van der Waals surface area contributed by atoms with Gasteiger partial charge in [-0.05, 0) is 53.7 Å². The molecule has 1 nitrogen and oxygen atoms in total. The minimum Gasteiger partial charge on any atom is -0.508 e. The number of phenols is 1. The highest BCUT2D eigenvalue weighted by Gasteiger charge is 2.34. The Balaban J connectivity index is 3.00. The average Bonchev–Trinajstić information content (AvgIpc) is 2.52. The Morgan fingerprint density at radius 1 is 0.833 bits per heavy atom. The molecule has 1 rings (SSSR count). The lowest BCUT2D eigenvalue weighted by molar-refractivity contribution is 0.172. The molecule has 0 amide bonds. The number of unbranched alkanes of at least 4 members (excludes halogenated alkanes) is 3. The van der Waals surface area contributed by atoms with Crippen molar-refractivity contribution in [3.05, 3.63) is 29.8 Å². The predicted octanol–water partition coefficient (Wildman–Crippen LogP) is 7.69. The van der Waals surface area contributed by atoms with Gasteiger partial charge in [-0.1, -0.05) is 85.8 Å². The first-order valence-corrected chi connectivity index (χ1v) is 10.0. The maximum absolute atomic E-state index is 9.66. The van der Waals surface area contributed by atoms with Crippen LogP contribution in [0.25, 0.3) is 0 Å². The van der Waals surface area contributed by atoms with Crippen molar-refractivity contribution in [2.24, 2.45) is 10.8 Å². The highest BCUT2D eigenvalue weighted by Crippen LogP contribution is 2.47. The number of aromatic hydroxyl groups is 1. The lowest BCUT2D eigenvalue weighted by Gasteiger charge is -2.40. The van der Waals surface area contributed by atoms with Gasteiger partial charge in [-0.15, -0.1) is 0 Å². The molecular formula is C23H40O. The second-order valence-corrected chi connectivity index (χ2v) is 9.06. The van der Waals surface area contributed by atoms with Crippen molar-refractivity contribution in [2.75, 3.05) is 0 Å². The van der Waals surface area contributed by atoms with Crippen molar-refractivity contribution < 1.29 is 5.11 Å². The lowest BCUT2D eigenvalue weighted by Crippen LogP contribution is -2.28. The maximum Gasteiger partial charge on any atom is 0.115 e. The third kappa shape index (κ3) is 6.87. The first-order valence-electron chi connectivity index (χ1n) is 10.0. The summed E-state index contributed by atoms with van der Waals surface area (Å²) in [5, 5.41) is 9.66. The number of benzene rings is 1. The predicted molar refractivity (Wildman–Crippen MR) is 107 cm³/mol. The summed E-state index contributed by atoms with van der Waals surface area (Å²) in [7, 11) is 0. The third-order valence-electron chi connectivity index (χ3n) is 5.63. The Morgan fingerprint density at radius 3 is 1.96 bits per heavy atom. The van der Waals surface area contributed by atoms with Crippen molar-refractivity contribution in [3.8, 4) is 5.75 Å². The molecule has 0 heterocycles. The van der Waals surface area contributed by atoms with Crippen LogP contribution >= 0.6 is 0 Å². The fourth-order valence-electron chi connectivity index (χ4n) is 3.87. The second kappa shape index (κ2) is 9.49. The van der Waals surface area contributed by atoms with Gasteiger partial charge < -0.3 is 5.11 Å². The van der Waals surface area contributed by atoms with Gasteiger partial charge in [0, 0.05) is 0 Å². The first-order chi connectivity index (χ1) is 11.2. The molecule has 0 bridgehead atoms. The summed E-state index contributed by atoms with van der Waals surface area (Å²) in [5.74, 6) is 0.911. The van der Waals surface area contributed by atoms with Gasteiger partial charge in [0.1, 0.15) is 5.75 Å². The molecule has 1 heteroatoms. The number of hydrogen-bond acceptors (Lipinski definition) is 1. The largest absolute Gasteiger partial charge is 0.508 e. The van der Waals surface area contributed by atoms with Gasteiger partial charge in [-0.3, -0.25) is 0 Å². The SMILES string of the molecule is CCCCCC(C)(C)C(CC(C)(C)CCCC)c1ccc(O)cc1. The Bertz CT molecular complexity index is 455. The molecule has 0 aliphatic carbocycles. The van der Waals surface area contributed by atoms with Gasteiger partial charge in [-0.25, -0.2) is 0 Å². The average molecular weight is 333 g/mol.